The number of rotatable bonds is 6. The first-order valence-corrected chi connectivity index (χ1v) is 21.5. The number of fused-ring (bicyclic) bond motifs is 9. The molecule has 1 spiro atoms. The molecule has 8 aromatic rings. The molecule has 0 amide bonds. The van der Waals surface area contributed by atoms with Crippen molar-refractivity contribution in [2.24, 2.45) is 0 Å². The summed E-state index contributed by atoms with van der Waals surface area (Å²) in [5, 5.41) is 2.54. The van der Waals surface area contributed by atoms with Gasteiger partial charge in [-0.1, -0.05) is 196 Å². The van der Waals surface area contributed by atoms with Gasteiger partial charge in [0, 0.05) is 22.1 Å². The van der Waals surface area contributed by atoms with Crippen molar-refractivity contribution in [2.75, 3.05) is 0 Å². The van der Waals surface area contributed by atoms with Crippen molar-refractivity contribution in [1.82, 2.24) is 9.97 Å². The fraction of sp³-hybridized carbons (Fsp3) is 0.119. The van der Waals surface area contributed by atoms with Crippen LogP contribution in [0.5, 0.6) is 0 Å². The summed E-state index contributed by atoms with van der Waals surface area (Å²) in [7, 11) is 0. The highest BCUT2D eigenvalue weighted by Crippen LogP contribution is 2.64. The lowest BCUT2D eigenvalue weighted by Gasteiger charge is -2.48. The van der Waals surface area contributed by atoms with Crippen LogP contribution in [0.25, 0.3) is 56.3 Å². The fourth-order valence-electron chi connectivity index (χ4n) is 10.8. The van der Waals surface area contributed by atoms with Crippen molar-refractivity contribution in [3.8, 4) is 33.9 Å². The maximum Gasteiger partial charge on any atom is 0.160 e. The van der Waals surface area contributed by atoms with E-state index in [1.54, 1.807) is 0 Å². The Bertz CT molecular complexity index is 3070. The quantitative estimate of drug-likeness (QED) is 0.157. The number of aryl methyl sites for hydroxylation is 1. The second kappa shape index (κ2) is 14.2. The predicted molar refractivity (Wildman–Crippen MR) is 254 cm³/mol. The molecule has 0 unspecified atom stereocenters. The molecule has 0 radical (unpaired) electrons. The minimum absolute atomic E-state index is 0.173. The van der Waals surface area contributed by atoms with Gasteiger partial charge in [0.25, 0.3) is 0 Å². The summed E-state index contributed by atoms with van der Waals surface area (Å²) >= 11 is 0. The second-order valence-electron chi connectivity index (χ2n) is 17.3. The minimum atomic E-state index is -0.476. The van der Waals surface area contributed by atoms with Crippen LogP contribution in [0.4, 0.5) is 0 Å². The van der Waals surface area contributed by atoms with Gasteiger partial charge in [-0.05, 0) is 109 Å². The molecule has 1 heterocycles. The molecule has 2 heteroatoms. The maximum atomic E-state index is 5.44. The Balaban J connectivity index is 1.21. The maximum absolute atomic E-state index is 5.44. The van der Waals surface area contributed by atoms with Gasteiger partial charge in [-0.3, -0.25) is 0 Å². The highest BCUT2D eigenvalue weighted by molar-refractivity contribution is 5.99. The molecule has 292 valence electrons. The molecule has 0 N–H and O–H groups in total. The molecule has 7 aromatic carbocycles. The first-order valence-electron chi connectivity index (χ1n) is 21.5. The van der Waals surface area contributed by atoms with Crippen LogP contribution in [-0.4, -0.2) is 9.97 Å². The van der Waals surface area contributed by atoms with E-state index in [9.17, 15) is 0 Å². The van der Waals surface area contributed by atoms with Gasteiger partial charge < -0.3 is 0 Å². The van der Waals surface area contributed by atoms with Gasteiger partial charge in [-0.15, -0.1) is 0 Å². The van der Waals surface area contributed by atoms with Crippen LogP contribution in [-0.2, 0) is 10.8 Å². The highest BCUT2D eigenvalue weighted by atomic mass is 14.9. The summed E-state index contributed by atoms with van der Waals surface area (Å²) in [4.78, 5) is 10.6. The van der Waals surface area contributed by atoms with E-state index in [1.165, 1.54) is 72.0 Å². The van der Waals surface area contributed by atoms with Gasteiger partial charge in [-0.2, -0.15) is 0 Å². The Labute approximate surface area is 359 Å². The van der Waals surface area contributed by atoms with Gasteiger partial charge in [-0.25, -0.2) is 9.97 Å². The molecule has 0 saturated carbocycles. The van der Waals surface area contributed by atoms with Gasteiger partial charge >= 0.3 is 0 Å². The van der Waals surface area contributed by atoms with E-state index in [2.05, 4.69) is 209 Å². The Morgan fingerprint density at radius 3 is 1.90 bits per heavy atom. The minimum Gasteiger partial charge on any atom is -0.228 e. The molecular weight excluding hydrogens is 737 g/mol. The normalized spacial score (nSPS) is 15.8. The molecule has 0 fully saturated rings. The SMILES string of the molecule is C=C/C(=C\c1ccc2ccccc2c1C)C1=CC2=C(CC1)C1(c3ccccc3C(C)(C)c3ccccc31)c1cccc(-c3cc(-c4ccccc4)nc(-c4ccccc4)n3)c12. The zero-order valence-electron chi connectivity index (χ0n) is 34.9. The Hall–Kier alpha value is -7.16. The molecule has 0 bridgehead atoms. The van der Waals surface area contributed by atoms with Crippen LogP contribution >= 0.6 is 0 Å². The van der Waals surface area contributed by atoms with E-state index >= 15 is 0 Å². The summed E-state index contributed by atoms with van der Waals surface area (Å²) in [5.41, 5.74) is 20.1. The van der Waals surface area contributed by atoms with Gasteiger partial charge in [0.2, 0.25) is 0 Å². The monoisotopic (exact) mass is 782 g/mol. The van der Waals surface area contributed by atoms with Crippen LogP contribution in [0.1, 0.15) is 71.2 Å². The number of hydrogen-bond donors (Lipinski definition) is 0. The van der Waals surface area contributed by atoms with Crippen LogP contribution in [0.15, 0.2) is 205 Å². The number of benzene rings is 7. The molecule has 61 heavy (non-hydrogen) atoms. The van der Waals surface area contributed by atoms with E-state index in [0.717, 1.165) is 46.5 Å². The summed E-state index contributed by atoms with van der Waals surface area (Å²) < 4.78 is 0. The van der Waals surface area contributed by atoms with Gasteiger partial charge in [0.15, 0.2) is 5.82 Å². The lowest BCUT2D eigenvalue weighted by atomic mass is 9.54. The molecule has 2 nitrogen and oxygen atoms in total. The molecule has 11 rings (SSSR count). The molecule has 0 saturated heterocycles. The van der Waals surface area contributed by atoms with Crippen molar-refractivity contribution >= 4 is 22.4 Å². The first kappa shape index (κ1) is 36.9. The average Bonchev–Trinajstić information content (AvgIpc) is 3.61. The summed E-state index contributed by atoms with van der Waals surface area (Å²) in [6.45, 7) is 11.4. The first-order chi connectivity index (χ1) is 29.9. The summed E-state index contributed by atoms with van der Waals surface area (Å²) in [6, 6.07) is 61.6. The predicted octanol–water partition coefficient (Wildman–Crippen LogP) is 14.7. The third-order valence-corrected chi connectivity index (χ3v) is 13.7. The molecule has 3 aliphatic rings. The molecule has 0 aliphatic heterocycles. The van der Waals surface area contributed by atoms with E-state index in [1.807, 2.05) is 6.07 Å². The van der Waals surface area contributed by atoms with E-state index in [-0.39, 0.29) is 5.41 Å². The lowest BCUT2D eigenvalue weighted by Crippen LogP contribution is -2.41. The molecule has 3 aliphatic carbocycles. The zero-order valence-corrected chi connectivity index (χ0v) is 34.9. The fourth-order valence-corrected chi connectivity index (χ4v) is 10.8. The molecule has 1 aromatic heterocycles. The molecule has 0 atom stereocenters. The van der Waals surface area contributed by atoms with Crippen molar-refractivity contribution < 1.29 is 0 Å². The lowest BCUT2D eigenvalue weighted by molar-refractivity contribution is 0.549. The van der Waals surface area contributed by atoms with Crippen LogP contribution in [0, 0.1) is 6.92 Å². The zero-order chi connectivity index (χ0) is 41.3. The average molecular weight is 783 g/mol. The standard InChI is InChI=1S/C59H46N2/c1-5-39(35-43-32-31-40-19-12-13-24-45(40)38(43)2)44-33-34-48-47(36-44)56-46(55-37-54(41-20-8-6-9-21-41)60-57(61-55)42-22-10-7-11-23-42)25-18-30-53(56)59(48)51-28-16-14-26-49(51)58(3,4)50-27-15-17-29-52(50)59/h5-32,35-37H,1,33-34H2,2-4H3/b39-35+. The Kier molecular flexibility index (Phi) is 8.61. The Morgan fingerprint density at radius 2 is 1.20 bits per heavy atom. The van der Waals surface area contributed by atoms with Crippen molar-refractivity contribution in [3.05, 3.63) is 250 Å². The summed E-state index contributed by atoms with van der Waals surface area (Å²) in [6.07, 6.45) is 8.72. The van der Waals surface area contributed by atoms with E-state index in [0.29, 0.717) is 5.82 Å². The van der Waals surface area contributed by atoms with Crippen LogP contribution in [0.2, 0.25) is 0 Å². The number of nitrogens with zero attached hydrogens (tertiary/aromatic N) is 2. The van der Waals surface area contributed by atoms with Crippen molar-refractivity contribution in [1.29, 1.82) is 0 Å². The summed E-state index contributed by atoms with van der Waals surface area (Å²) in [5.74, 6) is 0.717. The van der Waals surface area contributed by atoms with Gasteiger partial charge in [0.05, 0.1) is 16.8 Å². The van der Waals surface area contributed by atoms with Crippen LogP contribution < -0.4 is 0 Å². The number of hydrogen-bond acceptors (Lipinski definition) is 2. The highest BCUT2D eigenvalue weighted by Gasteiger charge is 2.54. The van der Waals surface area contributed by atoms with Gasteiger partial charge in [0.1, 0.15) is 0 Å². The topological polar surface area (TPSA) is 25.8 Å². The number of allylic oxidation sites excluding steroid dienone is 6. The van der Waals surface area contributed by atoms with E-state index in [4.69, 9.17) is 9.97 Å². The largest absolute Gasteiger partial charge is 0.228 e. The van der Waals surface area contributed by atoms with Crippen molar-refractivity contribution in [2.45, 2.75) is 44.4 Å². The third-order valence-electron chi connectivity index (χ3n) is 13.7. The molecular formula is C59H46N2. The number of aromatic nitrogens is 2. The second-order valence-corrected chi connectivity index (χ2v) is 17.3. The van der Waals surface area contributed by atoms with Crippen molar-refractivity contribution in [3.63, 3.8) is 0 Å². The Morgan fingerprint density at radius 1 is 0.590 bits per heavy atom. The van der Waals surface area contributed by atoms with E-state index < -0.39 is 5.41 Å². The third kappa shape index (κ3) is 5.62. The van der Waals surface area contributed by atoms with Crippen LogP contribution in [0.3, 0.4) is 0 Å². The smallest absolute Gasteiger partial charge is 0.160 e.